The van der Waals surface area contributed by atoms with Gasteiger partial charge in [0.15, 0.2) is 11.6 Å². The van der Waals surface area contributed by atoms with Crippen molar-refractivity contribution in [2.45, 2.75) is 6.54 Å². The number of nitrogens with zero attached hydrogens (tertiary/aromatic N) is 4. The molecule has 0 saturated carbocycles. The molecule has 3 aromatic rings. The predicted octanol–water partition coefficient (Wildman–Crippen LogP) is 3.40. The van der Waals surface area contributed by atoms with Crippen LogP contribution in [0.3, 0.4) is 0 Å². The van der Waals surface area contributed by atoms with Crippen LogP contribution in [0.15, 0.2) is 48.7 Å². The third-order valence-corrected chi connectivity index (χ3v) is 3.95. The molecule has 0 atom stereocenters. The second kappa shape index (κ2) is 9.18. The second-order valence-corrected chi connectivity index (χ2v) is 6.51. The van der Waals surface area contributed by atoms with E-state index in [1.54, 1.807) is 12.3 Å². The number of benzene rings is 1. The smallest absolute Gasteiger partial charge is 0.225 e. The van der Waals surface area contributed by atoms with Gasteiger partial charge in [0.2, 0.25) is 5.95 Å². The third-order valence-electron chi connectivity index (χ3n) is 3.95. The molecule has 0 radical (unpaired) electrons. The Labute approximate surface area is 162 Å². The number of nitrogens with one attached hydrogen (secondary N) is 2. The fourth-order valence-corrected chi connectivity index (χ4v) is 2.50. The number of likely N-dealkylation sites (N-methyl/N-ethyl adjacent to an activating group) is 1. The van der Waals surface area contributed by atoms with Crippen LogP contribution in [0.5, 0.6) is 0 Å². The molecule has 2 heterocycles. The van der Waals surface area contributed by atoms with Crippen LogP contribution in [0.2, 0.25) is 0 Å². The largest absolute Gasteiger partial charge is 0.366 e. The second-order valence-electron chi connectivity index (χ2n) is 6.51. The van der Waals surface area contributed by atoms with Crippen molar-refractivity contribution in [2.24, 2.45) is 0 Å². The highest BCUT2D eigenvalue weighted by atomic mass is 19.2. The molecule has 6 nitrogen and oxygen atoms in total. The molecule has 2 N–H and O–H groups in total. The van der Waals surface area contributed by atoms with Crippen LogP contribution in [-0.2, 0) is 6.54 Å². The van der Waals surface area contributed by atoms with Gasteiger partial charge < -0.3 is 15.5 Å². The summed E-state index contributed by atoms with van der Waals surface area (Å²) in [6.07, 6.45) is 1.70. The molecule has 0 saturated heterocycles. The highest BCUT2D eigenvalue weighted by Crippen LogP contribution is 2.20. The van der Waals surface area contributed by atoms with Crippen molar-refractivity contribution in [1.82, 2.24) is 19.9 Å². The predicted molar refractivity (Wildman–Crippen MR) is 106 cm³/mol. The average Bonchev–Trinajstić information content (AvgIpc) is 2.69. The first-order valence-corrected chi connectivity index (χ1v) is 8.88. The minimum absolute atomic E-state index is 0.299. The van der Waals surface area contributed by atoms with Crippen LogP contribution in [0, 0.1) is 11.6 Å². The maximum Gasteiger partial charge on any atom is 0.225 e. The molecule has 28 heavy (non-hydrogen) atoms. The number of hydrogen-bond acceptors (Lipinski definition) is 6. The first-order chi connectivity index (χ1) is 13.5. The molecular weight excluding hydrogens is 362 g/mol. The molecule has 0 aliphatic rings. The molecule has 0 bridgehead atoms. The molecule has 146 valence electrons. The summed E-state index contributed by atoms with van der Waals surface area (Å²) in [7, 11) is 3.98. The summed E-state index contributed by atoms with van der Waals surface area (Å²) in [6.45, 7) is 1.81. The fourth-order valence-electron chi connectivity index (χ4n) is 2.50. The lowest BCUT2D eigenvalue weighted by Gasteiger charge is -2.13. The van der Waals surface area contributed by atoms with Gasteiger partial charge in [0.05, 0.1) is 11.4 Å². The van der Waals surface area contributed by atoms with Gasteiger partial charge in [-0.1, -0.05) is 12.1 Å². The average molecular weight is 384 g/mol. The zero-order chi connectivity index (χ0) is 19.9. The van der Waals surface area contributed by atoms with Crippen LogP contribution < -0.4 is 10.6 Å². The zero-order valence-corrected chi connectivity index (χ0v) is 15.8. The van der Waals surface area contributed by atoms with E-state index in [1.807, 2.05) is 32.3 Å². The lowest BCUT2D eigenvalue weighted by molar-refractivity contribution is 0.425. The van der Waals surface area contributed by atoms with Crippen molar-refractivity contribution in [3.05, 3.63) is 65.9 Å². The Bertz CT molecular complexity index is 918. The molecule has 2 aromatic heterocycles. The SMILES string of the molecule is CN(C)CCNc1nc(NCc2ccc(F)c(F)c2)cc(-c2ccccn2)n1. The van der Waals surface area contributed by atoms with Crippen molar-refractivity contribution in [3.63, 3.8) is 0 Å². The third kappa shape index (κ3) is 5.43. The normalized spacial score (nSPS) is 10.9. The Balaban J connectivity index is 1.80. The van der Waals surface area contributed by atoms with Crippen LogP contribution >= 0.6 is 0 Å². The van der Waals surface area contributed by atoms with E-state index in [4.69, 9.17) is 0 Å². The van der Waals surface area contributed by atoms with E-state index in [9.17, 15) is 8.78 Å². The summed E-state index contributed by atoms with van der Waals surface area (Å²) in [5.74, 6) is -0.705. The molecule has 0 fully saturated rings. The monoisotopic (exact) mass is 384 g/mol. The zero-order valence-electron chi connectivity index (χ0n) is 15.8. The molecule has 0 aliphatic carbocycles. The van der Waals surface area contributed by atoms with Gasteiger partial charge in [0.1, 0.15) is 5.82 Å². The van der Waals surface area contributed by atoms with E-state index in [0.717, 1.165) is 18.3 Å². The van der Waals surface area contributed by atoms with E-state index >= 15 is 0 Å². The molecule has 8 heteroatoms. The summed E-state index contributed by atoms with van der Waals surface area (Å²) in [4.78, 5) is 15.4. The lowest BCUT2D eigenvalue weighted by atomic mass is 10.2. The fraction of sp³-hybridized carbons (Fsp3) is 0.250. The Hall–Kier alpha value is -3.13. The summed E-state index contributed by atoms with van der Waals surface area (Å²) < 4.78 is 26.5. The van der Waals surface area contributed by atoms with Crippen molar-refractivity contribution >= 4 is 11.8 Å². The van der Waals surface area contributed by atoms with E-state index in [-0.39, 0.29) is 0 Å². The standard InChI is InChI=1S/C20H22F2N6/c1-28(2)10-9-24-20-26-18(17-5-3-4-8-23-17)12-19(27-20)25-13-14-6-7-15(21)16(22)11-14/h3-8,11-12H,9-10,13H2,1-2H3,(H2,24,25,26,27). The Morgan fingerprint density at radius 1 is 0.929 bits per heavy atom. The van der Waals surface area contributed by atoms with Gasteiger partial charge in [-0.3, -0.25) is 4.98 Å². The van der Waals surface area contributed by atoms with E-state index < -0.39 is 11.6 Å². The van der Waals surface area contributed by atoms with Crippen LogP contribution in [0.4, 0.5) is 20.5 Å². The molecule has 3 rings (SSSR count). The van der Waals surface area contributed by atoms with Gasteiger partial charge in [-0.05, 0) is 43.9 Å². The van der Waals surface area contributed by atoms with Crippen LogP contribution in [0.1, 0.15) is 5.56 Å². The van der Waals surface area contributed by atoms with Gasteiger partial charge in [0, 0.05) is 31.9 Å². The van der Waals surface area contributed by atoms with Crippen molar-refractivity contribution in [1.29, 1.82) is 0 Å². The minimum Gasteiger partial charge on any atom is -0.366 e. The topological polar surface area (TPSA) is 66.0 Å². The highest BCUT2D eigenvalue weighted by Gasteiger charge is 2.09. The first kappa shape index (κ1) is 19.6. The Kier molecular flexibility index (Phi) is 6.44. The number of pyridine rings is 1. The summed E-state index contributed by atoms with van der Waals surface area (Å²) in [5.41, 5.74) is 1.99. The molecule has 0 amide bonds. The van der Waals surface area contributed by atoms with Gasteiger partial charge in [-0.2, -0.15) is 4.98 Å². The Morgan fingerprint density at radius 2 is 1.79 bits per heavy atom. The van der Waals surface area contributed by atoms with Crippen LogP contribution in [0.25, 0.3) is 11.4 Å². The van der Waals surface area contributed by atoms with Crippen molar-refractivity contribution < 1.29 is 8.78 Å². The summed E-state index contributed by atoms with van der Waals surface area (Å²) >= 11 is 0. The number of rotatable bonds is 8. The molecule has 1 aromatic carbocycles. The highest BCUT2D eigenvalue weighted by molar-refractivity contribution is 5.61. The van der Waals surface area contributed by atoms with E-state index in [2.05, 4.69) is 30.5 Å². The van der Waals surface area contributed by atoms with Gasteiger partial charge in [-0.15, -0.1) is 0 Å². The quantitative estimate of drug-likeness (QED) is 0.621. The first-order valence-electron chi connectivity index (χ1n) is 8.88. The number of halogens is 2. The van der Waals surface area contributed by atoms with Crippen molar-refractivity contribution in [2.75, 3.05) is 37.8 Å². The minimum atomic E-state index is -0.873. The molecular formula is C20H22F2N6. The summed E-state index contributed by atoms with van der Waals surface area (Å²) in [6, 6.07) is 11.2. The maximum atomic E-state index is 13.4. The van der Waals surface area contributed by atoms with Gasteiger partial charge in [0.25, 0.3) is 0 Å². The van der Waals surface area contributed by atoms with Crippen LogP contribution in [-0.4, -0.2) is 47.0 Å². The number of aromatic nitrogens is 3. The molecule has 0 spiro atoms. The van der Waals surface area contributed by atoms with Gasteiger partial charge in [-0.25, -0.2) is 13.8 Å². The molecule has 0 aliphatic heterocycles. The van der Waals surface area contributed by atoms with Crippen molar-refractivity contribution in [3.8, 4) is 11.4 Å². The number of hydrogen-bond donors (Lipinski definition) is 2. The number of anilines is 2. The van der Waals surface area contributed by atoms with Gasteiger partial charge >= 0.3 is 0 Å². The lowest BCUT2D eigenvalue weighted by Crippen LogP contribution is -2.21. The van der Waals surface area contributed by atoms with E-state index in [0.29, 0.717) is 36.1 Å². The van der Waals surface area contributed by atoms with E-state index in [1.165, 1.54) is 12.1 Å². The maximum absolute atomic E-state index is 13.4. The molecule has 0 unspecified atom stereocenters. The Morgan fingerprint density at radius 3 is 2.50 bits per heavy atom. The summed E-state index contributed by atoms with van der Waals surface area (Å²) in [5, 5.41) is 6.34.